The summed E-state index contributed by atoms with van der Waals surface area (Å²) in [5.41, 5.74) is 4.64. The van der Waals surface area contributed by atoms with Gasteiger partial charge >= 0.3 is 6.03 Å². The molecule has 1 fully saturated rings. The van der Waals surface area contributed by atoms with Crippen LogP contribution in [0.15, 0.2) is 47.3 Å². The van der Waals surface area contributed by atoms with Gasteiger partial charge in [-0.05, 0) is 68.9 Å². The zero-order valence-electron chi connectivity index (χ0n) is 21.9. The van der Waals surface area contributed by atoms with Crippen molar-refractivity contribution < 1.29 is 9.59 Å². The van der Waals surface area contributed by atoms with Crippen LogP contribution in [0.4, 0.5) is 4.79 Å². The minimum atomic E-state index is -0.315. The number of hydrogen-bond donors (Lipinski definition) is 3. The van der Waals surface area contributed by atoms with Crippen LogP contribution in [0, 0.1) is 10.8 Å². The zero-order valence-corrected chi connectivity index (χ0v) is 21.9. The van der Waals surface area contributed by atoms with Gasteiger partial charge in [-0.25, -0.2) is 4.79 Å². The van der Waals surface area contributed by atoms with E-state index in [9.17, 15) is 9.59 Å². The molecule has 0 bridgehead atoms. The molecule has 0 aromatic carbocycles. The highest BCUT2D eigenvalue weighted by atomic mass is 16.2. The monoisotopic (exact) mass is 491 g/mol. The summed E-state index contributed by atoms with van der Waals surface area (Å²) in [6, 6.07) is 1.72. The van der Waals surface area contributed by atoms with Crippen LogP contribution in [0.3, 0.4) is 0 Å². The number of aromatic nitrogens is 1. The molecule has 1 saturated heterocycles. The van der Waals surface area contributed by atoms with Gasteiger partial charge in [-0.15, -0.1) is 0 Å². The van der Waals surface area contributed by atoms with Crippen LogP contribution < -0.4 is 5.32 Å². The van der Waals surface area contributed by atoms with Gasteiger partial charge in [0.1, 0.15) is 17.4 Å². The normalized spacial score (nSPS) is 16.0. The molecule has 3 heterocycles. The largest absolute Gasteiger partial charge is 0.331 e. The van der Waals surface area contributed by atoms with Crippen LogP contribution in [0.25, 0.3) is 0 Å². The Balaban J connectivity index is 1.68. The highest BCUT2D eigenvalue weighted by molar-refractivity contribution is 6.06. The van der Waals surface area contributed by atoms with Crippen molar-refractivity contribution in [2.45, 2.75) is 53.0 Å². The van der Waals surface area contributed by atoms with Gasteiger partial charge in [0.25, 0.3) is 5.91 Å². The molecule has 0 atom stereocenters. The lowest BCUT2D eigenvalue weighted by Gasteiger charge is -2.31. The van der Waals surface area contributed by atoms with Crippen LogP contribution in [0.2, 0.25) is 0 Å². The Labute approximate surface area is 213 Å². The van der Waals surface area contributed by atoms with Crippen molar-refractivity contribution in [2.24, 2.45) is 0 Å². The van der Waals surface area contributed by atoms with E-state index in [2.05, 4.69) is 10.3 Å². The van der Waals surface area contributed by atoms with Gasteiger partial charge < -0.3 is 20.0 Å². The number of amidine groups is 2. The average Bonchev–Trinajstić information content (AvgIpc) is 2.86. The molecule has 36 heavy (non-hydrogen) atoms. The Kier molecular flexibility index (Phi) is 8.79. The Bertz CT molecular complexity index is 1140. The molecular weight excluding hydrogens is 454 g/mol. The maximum absolute atomic E-state index is 13.0. The molecule has 1 aromatic rings. The molecule has 9 nitrogen and oxygen atoms in total. The number of carbonyl (C=O) groups is 2. The van der Waals surface area contributed by atoms with E-state index in [4.69, 9.17) is 10.8 Å². The van der Waals surface area contributed by atoms with E-state index in [0.29, 0.717) is 55.5 Å². The van der Waals surface area contributed by atoms with Gasteiger partial charge in [-0.1, -0.05) is 17.7 Å². The van der Waals surface area contributed by atoms with Gasteiger partial charge in [0.05, 0.1) is 0 Å². The van der Waals surface area contributed by atoms with Gasteiger partial charge in [0, 0.05) is 52.0 Å². The maximum atomic E-state index is 13.0. The number of fused-ring (bicyclic) bond motifs is 1. The summed E-state index contributed by atoms with van der Waals surface area (Å²) in [6.07, 6.45) is 10.6. The predicted molar refractivity (Wildman–Crippen MR) is 142 cm³/mol. The van der Waals surface area contributed by atoms with Crippen LogP contribution in [0.5, 0.6) is 0 Å². The van der Waals surface area contributed by atoms with E-state index < -0.39 is 0 Å². The second kappa shape index (κ2) is 11.8. The standard InChI is InChI=1S/C27H37N7O2/c1-18(2)22(10-8-9-19(3)25(29)34-13-7-6-11-24(34)28)31-26(35)23-15-21-17-33(27(36)32(4)5)14-12-20(21)16-30-23/h8-10,15-16,28-29H,6-7,11-14,17H2,1-5H3,(H,31,35)/b10-8-,19-9+,28-24?,29-25?. The first-order chi connectivity index (χ1) is 17.1. The highest BCUT2D eigenvalue weighted by Crippen LogP contribution is 2.20. The Morgan fingerprint density at radius 2 is 1.86 bits per heavy atom. The lowest BCUT2D eigenvalue weighted by atomic mass is 10.0. The molecule has 0 radical (unpaired) electrons. The summed E-state index contributed by atoms with van der Waals surface area (Å²) in [5, 5.41) is 19.5. The smallest absolute Gasteiger partial charge is 0.319 e. The molecule has 1 aromatic heterocycles. The minimum Gasteiger partial charge on any atom is -0.331 e. The van der Waals surface area contributed by atoms with E-state index in [0.717, 1.165) is 35.1 Å². The first kappa shape index (κ1) is 26.8. The summed E-state index contributed by atoms with van der Waals surface area (Å²) < 4.78 is 0. The van der Waals surface area contributed by atoms with E-state index in [1.54, 1.807) is 47.1 Å². The second-order valence-electron chi connectivity index (χ2n) is 9.67. The number of nitrogens with one attached hydrogen (secondary N) is 3. The molecule has 9 heteroatoms. The SMILES string of the molecule is CC(C)=C(/C=C\C=C(/C)C(=N)N1CCCCC1=N)NC(=O)c1cc2c(cn1)CCN(C(=O)N(C)C)C2. The van der Waals surface area contributed by atoms with Crippen molar-refractivity contribution in [3.63, 3.8) is 0 Å². The van der Waals surface area contributed by atoms with Gasteiger partial charge in [-0.2, -0.15) is 0 Å². The van der Waals surface area contributed by atoms with Gasteiger partial charge in [0.2, 0.25) is 0 Å². The van der Waals surface area contributed by atoms with Crippen LogP contribution in [0.1, 0.15) is 61.6 Å². The van der Waals surface area contributed by atoms with Crippen molar-refractivity contribution >= 4 is 23.6 Å². The van der Waals surface area contributed by atoms with Crippen molar-refractivity contribution in [1.82, 2.24) is 25.0 Å². The Morgan fingerprint density at radius 3 is 2.53 bits per heavy atom. The first-order valence-electron chi connectivity index (χ1n) is 12.3. The molecule has 0 aliphatic carbocycles. The zero-order chi connectivity index (χ0) is 26.4. The number of urea groups is 1. The van der Waals surface area contributed by atoms with Crippen molar-refractivity contribution in [3.8, 4) is 0 Å². The van der Waals surface area contributed by atoms with E-state index in [1.807, 2.05) is 32.9 Å². The van der Waals surface area contributed by atoms with E-state index >= 15 is 0 Å². The third-order valence-corrected chi connectivity index (χ3v) is 6.39. The molecule has 3 N–H and O–H groups in total. The number of piperidine rings is 1. The summed E-state index contributed by atoms with van der Waals surface area (Å²) in [5.74, 6) is 0.518. The number of pyridine rings is 1. The predicted octanol–water partition coefficient (Wildman–Crippen LogP) is 4.09. The lowest BCUT2D eigenvalue weighted by Crippen LogP contribution is -2.42. The molecule has 192 valence electrons. The molecule has 0 unspecified atom stereocenters. The molecule has 0 spiro atoms. The molecule has 2 aliphatic rings. The van der Waals surface area contributed by atoms with Gasteiger partial charge in [0.15, 0.2) is 0 Å². The third kappa shape index (κ3) is 6.47. The van der Waals surface area contributed by atoms with E-state index in [1.165, 1.54) is 0 Å². The van der Waals surface area contributed by atoms with Crippen molar-refractivity contribution in [1.29, 1.82) is 10.8 Å². The minimum absolute atomic E-state index is 0.0472. The third-order valence-electron chi connectivity index (χ3n) is 6.39. The summed E-state index contributed by atoms with van der Waals surface area (Å²) in [6.45, 7) is 7.48. The highest BCUT2D eigenvalue weighted by Gasteiger charge is 2.23. The quantitative estimate of drug-likeness (QED) is 0.327. The van der Waals surface area contributed by atoms with Gasteiger partial charge in [-0.3, -0.25) is 20.6 Å². The molecular formula is C27H37N7O2. The summed E-state index contributed by atoms with van der Waals surface area (Å²) in [4.78, 5) is 34.8. The fourth-order valence-electron chi connectivity index (χ4n) is 4.19. The fourth-order valence-corrected chi connectivity index (χ4v) is 4.19. The number of rotatable bonds is 5. The number of allylic oxidation sites excluding steroid dienone is 4. The van der Waals surface area contributed by atoms with E-state index in [-0.39, 0.29) is 11.9 Å². The Morgan fingerprint density at radius 1 is 1.11 bits per heavy atom. The number of likely N-dealkylation sites (tertiary alicyclic amines) is 1. The topological polar surface area (TPSA) is 116 Å². The van der Waals surface area contributed by atoms with Crippen LogP contribution >= 0.6 is 0 Å². The summed E-state index contributed by atoms with van der Waals surface area (Å²) in [7, 11) is 3.46. The van der Waals surface area contributed by atoms with Crippen LogP contribution in [-0.4, -0.2) is 70.5 Å². The number of carbonyl (C=O) groups excluding carboxylic acids is 2. The number of nitrogens with zero attached hydrogens (tertiary/aromatic N) is 4. The maximum Gasteiger partial charge on any atom is 0.319 e. The van der Waals surface area contributed by atoms with Crippen molar-refractivity contribution in [2.75, 3.05) is 27.2 Å². The average molecular weight is 492 g/mol. The molecule has 2 aliphatic heterocycles. The number of hydrogen-bond acceptors (Lipinski definition) is 5. The fraction of sp³-hybridized carbons (Fsp3) is 0.444. The molecule has 3 rings (SSSR count). The molecule has 3 amide bonds. The first-order valence-corrected chi connectivity index (χ1v) is 12.3. The Hall–Kier alpha value is -3.75. The van der Waals surface area contributed by atoms with Crippen LogP contribution in [-0.2, 0) is 13.0 Å². The second-order valence-corrected chi connectivity index (χ2v) is 9.67. The van der Waals surface area contributed by atoms with Crippen molar-refractivity contribution in [3.05, 3.63) is 64.2 Å². The molecule has 0 saturated carbocycles. The lowest BCUT2D eigenvalue weighted by molar-refractivity contribution is 0.0961. The summed E-state index contributed by atoms with van der Waals surface area (Å²) >= 11 is 0. The number of amides is 3.